The van der Waals surface area contributed by atoms with Crippen LogP contribution in [0.2, 0.25) is 0 Å². The molecule has 2 heterocycles. The topological polar surface area (TPSA) is 66.9 Å². The number of halogens is 2. The zero-order valence-corrected chi connectivity index (χ0v) is 19.9. The van der Waals surface area contributed by atoms with Crippen molar-refractivity contribution in [1.29, 1.82) is 0 Å². The fourth-order valence-electron chi connectivity index (χ4n) is 4.82. The maximum Gasteiger partial charge on any atom is 0.246 e. The molecule has 184 valence electrons. The van der Waals surface area contributed by atoms with Crippen LogP contribution in [-0.4, -0.2) is 56.3 Å². The Morgan fingerprint density at radius 2 is 1.65 bits per heavy atom. The van der Waals surface area contributed by atoms with Gasteiger partial charge in [0.1, 0.15) is 22.3 Å². The van der Waals surface area contributed by atoms with Crippen molar-refractivity contribution in [3.05, 3.63) is 60.2 Å². The quantitative estimate of drug-likeness (QED) is 0.581. The van der Waals surface area contributed by atoms with E-state index in [0.29, 0.717) is 31.7 Å². The Labute approximate surface area is 199 Å². The van der Waals surface area contributed by atoms with Gasteiger partial charge in [0.15, 0.2) is 0 Å². The van der Waals surface area contributed by atoms with Crippen molar-refractivity contribution in [3.8, 4) is 5.75 Å². The molecule has 2 fully saturated rings. The number of carbonyl (C=O) groups excluding carboxylic acids is 1. The van der Waals surface area contributed by atoms with E-state index in [2.05, 4.69) is 0 Å². The van der Waals surface area contributed by atoms with E-state index >= 15 is 0 Å². The zero-order valence-electron chi connectivity index (χ0n) is 19.1. The standard InChI is InChI=1S/C25H30F2N2O4S/c26-20-9-11-21(12-10-20)33-19-25(17-24(30)28-14-4-1-5-15-28)13-6-16-29(18-25)34(31,32)23-8-3-2-7-22(23)27/h2-3,7-12H,1,4-6,13-19H2/t25-/m0/s1. The molecule has 1 atom stereocenters. The second-order valence-corrected chi connectivity index (χ2v) is 11.1. The molecule has 0 aliphatic carbocycles. The van der Waals surface area contributed by atoms with Crippen LogP contribution in [0.1, 0.15) is 38.5 Å². The molecule has 0 aromatic heterocycles. The van der Waals surface area contributed by atoms with Crippen LogP contribution in [0.3, 0.4) is 0 Å². The number of hydrogen-bond donors (Lipinski definition) is 0. The van der Waals surface area contributed by atoms with Gasteiger partial charge in [-0.25, -0.2) is 17.2 Å². The number of ether oxygens (including phenoxy) is 1. The summed E-state index contributed by atoms with van der Waals surface area (Å²) >= 11 is 0. The van der Waals surface area contributed by atoms with Crippen molar-refractivity contribution < 1.29 is 26.7 Å². The van der Waals surface area contributed by atoms with Crippen LogP contribution in [0, 0.1) is 17.0 Å². The van der Waals surface area contributed by atoms with E-state index in [1.807, 2.05) is 4.90 Å². The number of piperidine rings is 2. The average Bonchev–Trinajstić information content (AvgIpc) is 2.84. The smallest absolute Gasteiger partial charge is 0.246 e. The van der Waals surface area contributed by atoms with Crippen molar-refractivity contribution in [2.45, 2.75) is 43.4 Å². The predicted molar refractivity (Wildman–Crippen MR) is 124 cm³/mol. The van der Waals surface area contributed by atoms with Gasteiger partial charge in [-0.05, 0) is 68.5 Å². The molecule has 4 rings (SSSR count). The third kappa shape index (κ3) is 5.58. The van der Waals surface area contributed by atoms with Crippen LogP contribution in [0.4, 0.5) is 8.78 Å². The average molecular weight is 493 g/mol. The molecule has 2 aromatic carbocycles. The van der Waals surface area contributed by atoms with Crippen LogP contribution >= 0.6 is 0 Å². The Bertz CT molecular complexity index is 1100. The van der Waals surface area contributed by atoms with Gasteiger partial charge >= 0.3 is 0 Å². The lowest BCUT2D eigenvalue weighted by molar-refractivity contribution is -0.136. The largest absolute Gasteiger partial charge is 0.493 e. The summed E-state index contributed by atoms with van der Waals surface area (Å²) < 4.78 is 61.5. The van der Waals surface area contributed by atoms with Gasteiger partial charge < -0.3 is 9.64 Å². The number of sulfonamides is 1. The van der Waals surface area contributed by atoms with E-state index in [1.165, 1.54) is 46.8 Å². The van der Waals surface area contributed by atoms with E-state index in [-0.39, 0.29) is 42.7 Å². The summed E-state index contributed by atoms with van der Waals surface area (Å²) in [5.41, 5.74) is -0.778. The number of hydrogen-bond acceptors (Lipinski definition) is 4. The predicted octanol–water partition coefficient (Wildman–Crippen LogP) is 4.22. The first-order valence-electron chi connectivity index (χ1n) is 11.7. The van der Waals surface area contributed by atoms with E-state index in [0.717, 1.165) is 25.3 Å². The molecule has 0 radical (unpaired) electrons. The lowest BCUT2D eigenvalue weighted by Crippen LogP contribution is -2.51. The monoisotopic (exact) mass is 492 g/mol. The summed E-state index contributed by atoms with van der Waals surface area (Å²) in [6.07, 6.45) is 4.26. The Hall–Kier alpha value is -2.52. The first-order chi connectivity index (χ1) is 16.3. The number of amides is 1. The molecule has 2 aromatic rings. The fraction of sp³-hybridized carbons (Fsp3) is 0.480. The van der Waals surface area contributed by atoms with Gasteiger partial charge in [-0.3, -0.25) is 4.79 Å². The molecule has 0 bridgehead atoms. The highest BCUT2D eigenvalue weighted by Gasteiger charge is 2.43. The van der Waals surface area contributed by atoms with E-state index in [1.54, 1.807) is 0 Å². The van der Waals surface area contributed by atoms with E-state index < -0.39 is 21.3 Å². The first kappa shape index (κ1) is 24.6. The number of carbonyl (C=O) groups is 1. The molecule has 0 saturated carbocycles. The number of benzene rings is 2. The van der Waals surface area contributed by atoms with Gasteiger partial charge in [-0.2, -0.15) is 4.31 Å². The highest BCUT2D eigenvalue weighted by atomic mass is 32.2. The first-order valence-corrected chi connectivity index (χ1v) is 13.1. The Balaban J connectivity index is 1.58. The number of likely N-dealkylation sites (tertiary alicyclic amines) is 1. The molecule has 0 N–H and O–H groups in total. The van der Waals surface area contributed by atoms with Gasteiger partial charge in [-0.1, -0.05) is 12.1 Å². The van der Waals surface area contributed by atoms with Crippen molar-refractivity contribution >= 4 is 15.9 Å². The molecule has 0 spiro atoms. The van der Waals surface area contributed by atoms with Gasteiger partial charge in [-0.15, -0.1) is 0 Å². The van der Waals surface area contributed by atoms with Crippen LogP contribution in [0.25, 0.3) is 0 Å². The van der Waals surface area contributed by atoms with Crippen molar-refractivity contribution in [1.82, 2.24) is 9.21 Å². The van der Waals surface area contributed by atoms with Crippen LogP contribution in [0.15, 0.2) is 53.4 Å². The molecular formula is C25H30F2N2O4S. The zero-order chi connectivity index (χ0) is 24.2. The molecule has 9 heteroatoms. The number of rotatable bonds is 7. The van der Waals surface area contributed by atoms with Crippen LogP contribution in [-0.2, 0) is 14.8 Å². The molecule has 1 amide bonds. The van der Waals surface area contributed by atoms with Crippen LogP contribution < -0.4 is 4.74 Å². The second kappa shape index (κ2) is 10.4. The minimum Gasteiger partial charge on any atom is -0.493 e. The van der Waals surface area contributed by atoms with Gasteiger partial charge in [0.05, 0.1) is 6.61 Å². The lowest BCUT2D eigenvalue weighted by atomic mass is 9.78. The summed E-state index contributed by atoms with van der Waals surface area (Å²) in [5.74, 6) is -0.763. The van der Waals surface area contributed by atoms with Crippen molar-refractivity contribution in [2.75, 3.05) is 32.8 Å². The van der Waals surface area contributed by atoms with E-state index in [4.69, 9.17) is 4.74 Å². The fourth-order valence-corrected chi connectivity index (χ4v) is 6.47. The maximum absolute atomic E-state index is 14.4. The molecule has 2 aliphatic heterocycles. The summed E-state index contributed by atoms with van der Waals surface area (Å²) in [6, 6.07) is 10.9. The normalized spacial score (nSPS) is 21.9. The summed E-state index contributed by atoms with van der Waals surface area (Å²) in [6.45, 7) is 1.79. The van der Waals surface area contributed by atoms with E-state index in [9.17, 15) is 22.0 Å². The number of nitrogens with zero attached hydrogens (tertiary/aromatic N) is 2. The van der Waals surface area contributed by atoms with Crippen molar-refractivity contribution in [3.63, 3.8) is 0 Å². The molecule has 0 unspecified atom stereocenters. The van der Waals surface area contributed by atoms with Gasteiger partial charge in [0.2, 0.25) is 15.9 Å². The minimum atomic E-state index is -4.08. The molecule has 34 heavy (non-hydrogen) atoms. The molecular weight excluding hydrogens is 462 g/mol. The maximum atomic E-state index is 14.4. The lowest BCUT2D eigenvalue weighted by Gasteiger charge is -2.42. The highest BCUT2D eigenvalue weighted by Crippen LogP contribution is 2.38. The van der Waals surface area contributed by atoms with Crippen molar-refractivity contribution in [2.24, 2.45) is 5.41 Å². The van der Waals surface area contributed by atoms with Gasteiger partial charge in [0, 0.05) is 38.0 Å². The second-order valence-electron chi connectivity index (χ2n) is 9.23. The third-order valence-electron chi connectivity index (χ3n) is 6.67. The molecule has 2 aliphatic rings. The van der Waals surface area contributed by atoms with Crippen LogP contribution in [0.5, 0.6) is 5.75 Å². The highest BCUT2D eigenvalue weighted by molar-refractivity contribution is 7.89. The summed E-state index contributed by atoms with van der Waals surface area (Å²) in [5, 5.41) is 0. The SMILES string of the molecule is O=C(C[C@@]1(COc2ccc(F)cc2)CCCN(S(=O)(=O)c2ccccc2F)C1)N1CCCCC1. The third-order valence-corrected chi connectivity index (χ3v) is 8.55. The summed E-state index contributed by atoms with van der Waals surface area (Å²) in [7, 11) is -4.08. The summed E-state index contributed by atoms with van der Waals surface area (Å²) in [4.78, 5) is 14.7. The Morgan fingerprint density at radius 1 is 0.941 bits per heavy atom. The molecule has 6 nitrogen and oxygen atoms in total. The minimum absolute atomic E-state index is 0.0208. The van der Waals surface area contributed by atoms with Gasteiger partial charge in [0.25, 0.3) is 0 Å². The Morgan fingerprint density at radius 3 is 2.35 bits per heavy atom. The Kier molecular flexibility index (Phi) is 7.52. The molecule has 2 saturated heterocycles.